The lowest BCUT2D eigenvalue weighted by molar-refractivity contribution is -0.120. The minimum Gasteiger partial charge on any atom is -0.478 e. The molecule has 1 aliphatic carbocycles. The Labute approximate surface area is 105 Å². The van der Waals surface area contributed by atoms with Crippen molar-refractivity contribution in [2.24, 2.45) is 0 Å². The van der Waals surface area contributed by atoms with Crippen LogP contribution < -0.4 is 10.6 Å². The molecule has 2 rings (SSSR count). The van der Waals surface area contributed by atoms with E-state index in [0.29, 0.717) is 18.2 Å². The van der Waals surface area contributed by atoms with Crippen molar-refractivity contribution in [1.82, 2.24) is 10.6 Å². The molecular formula is C13H16N2O3. The molecule has 0 saturated heterocycles. The average Bonchev–Trinajstić information content (AvgIpc) is 3.13. The topological polar surface area (TPSA) is 78.4 Å². The van der Waals surface area contributed by atoms with Gasteiger partial charge in [-0.05, 0) is 24.5 Å². The van der Waals surface area contributed by atoms with Crippen LogP contribution in [-0.4, -0.2) is 29.6 Å². The van der Waals surface area contributed by atoms with Crippen LogP contribution in [0.4, 0.5) is 0 Å². The largest absolute Gasteiger partial charge is 0.478 e. The van der Waals surface area contributed by atoms with Crippen LogP contribution in [-0.2, 0) is 11.3 Å². The first kappa shape index (κ1) is 12.6. The van der Waals surface area contributed by atoms with Crippen molar-refractivity contribution in [2.45, 2.75) is 25.4 Å². The van der Waals surface area contributed by atoms with Gasteiger partial charge in [0.2, 0.25) is 5.91 Å². The van der Waals surface area contributed by atoms with E-state index in [2.05, 4.69) is 10.6 Å². The Morgan fingerprint density at radius 2 is 2.00 bits per heavy atom. The summed E-state index contributed by atoms with van der Waals surface area (Å²) >= 11 is 0. The predicted octanol–water partition coefficient (Wildman–Crippen LogP) is 0.753. The van der Waals surface area contributed by atoms with Crippen LogP contribution in [0.1, 0.15) is 28.8 Å². The molecule has 1 amide bonds. The molecule has 0 radical (unpaired) electrons. The van der Waals surface area contributed by atoms with Crippen molar-refractivity contribution in [3.8, 4) is 0 Å². The summed E-state index contributed by atoms with van der Waals surface area (Å²) in [7, 11) is 0. The van der Waals surface area contributed by atoms with E-state index >= 15 is 0 Å². The van der Waals surface area contributed by atoms with E-state index in [1.165, 1.54) is 0 Å². The van der Waals surface area contributed by atoms with Gasteiger partial charge in [-0.1, -0.05) is 18.2 Å². The van der Waals surface area contributed by atoms with Crippen molar-refractivity contribution >= 4 is 11.9 Å². The first-order valence-corrected chi connectivity index (χ1v) is 5.98. The summed E-state index contributed by atoms with van der Waals surface area (Å²) in [5.74, 6) is -0.986. The van der Waals surface area contributed by atoms with Gasteiger partial charge in [-0.2, -0.15) is 0 Å². The Morgan fingerprint density at radius 3 is 2.67 bits per heavy atom. The minimum absolute atomic E-state index is 0.0368. The molecule has 0 heterocycles. The maximum atomic E-state index is 11.4. The lowest BCUT2D eigenvalue weighted by Gasteiger charge is -2.08. The smallest absolute Gasteiger partial charge is 0.336 e. The van der Waals surface area contributed by atoms with Crippen LogP contribution in [0.25, 0.3) is 0 Å². The summed E-state index contributed by atoms with van der Waals surface area (Å²) in [6.45, 7) is 0.588. The molecule has 3 N–H and O–H groups in total. The molecule has 1 fully saturated rings. The lowest BCUT2D eigenvalue weighted by Crippen LogP contribution is -2.35. The fourth-order valence-corrected chi connectivity index (χ4v) is 1.70. The molecule has 0 spiro atoms. The van der Waals surface area contributed by atoms with Gasteiger partial charge in [0.05, 0.1) is 12.1 Å². The molecule has 0 aliphatic heterocycles. The quantitative estimate of drug-likeness (QED) is 0.694. The van der Waals surface area contributed by atoms with Gasteiger partial charge in [0.1, 0.15) is 0 Å². The highest BCUT2D eigenvalue weighted by molar-refractivity contribution is 5.89. The van der Waals surface area contributed by atoms with Crippen molar-refractivity contribution in [1.29, 1.82) is 0 Å². The zero-order valence-electron chi connectivity index (χ0n) is 9.98. The van der Waals surface area contributed by atoms with Crippen molar-refractivity contribution < 1.29 is 14.7 Å². The summed E-state index contributed by atoms with van der Waals surface area (Å²) in [6.07, 6.45) is 2.13. The average molecular weight is 248 g/mol. The number of rotatable bonds is 6. The van der Waals surface area contributed by atoms with Crippen LogP contribution in [0.5, 0.6) is 0 Å². The fraction of sp³-hybridized carbons (Fsp3) is 0.385. The van der Waals surface area contributed by atoms with Crippen LogP contribution in [0.2, 0.25) is 0 Å². The van der Waals surface area contributed by atoms with Crippen molar-refractivity contribution in [2.75, 3.05) is 6.54 Å². The molecule has 1 saturated carbocycles. The second-order valence-electron chi connectivity index (χ2n) is 4.41. The fourth-order valence-electron chi connectivity index (χ4n) is 1.70. The van der Waals surface area contributed by atoms with E-state index in [9.17, 15) is 9.59 Å². The SMILES string of the molecule is O=C(CNCc1ccccc1C(=O)O)NC1CC1. The molecule has 5 nitrogen and oxygen atoms in total. The summed E-state index contributed by atoms with van der Waals surface area (Å²) < 4.78 is 0. The number of hydrogen-bond acceptors (Lipinski definition) is 3. The van der Waals surface area contributed by atoms with Gasteiger partial charge < -0.3 is 15.7 Å². The van der Waals surface area contributed by atoms with Crippen molar-refractivity contribution in [3.05, 3.63) is 35.4 Å². The first-order chi connectivity index (χ1) is 8.66. The van der Waals surface area contributed by atoms with Crippen LogP contribution in [0, 0.1) is 0 Å². The summed E-state index contributed by atoms with van der Waals surface area (Å²) in [6, 6.07) is 7.13. The number of benzene rings is 1. The highest BCUT2D eigenvalue weighted by Gasteiger charge is 2.22. The number of amides is 1. The van der Waals surface area contributed by atoms with E-state index in [0.717, 1.165) is 12.8 Å². The number of carboxylic acid groups (broad SMARTS) is 1. The second kappa shape index (κ2) is 5.64. The van der Waals surface area contributed by atoms with Gasteiger partial charge in [-0.15, -0.1) is 0 Å². The first-order valence-electron chi connectivity index (χ1n) is 5.98. The van der Waals surface area contributed by atoms with Gasteiger partial charge in [0, 0.05) is 12.6 Å². The third-order valence-electron chi connectivity index (χ3n) is 2.79. The van der Waals surface area contributed by atoms with E-state index in [4.69, 9.17) is 5.11 Å². The van der Waals surface area contributed by atoms with Crippen LogP contribution in [0.15, 0.2) is 24.3 Å². The number of carbonyl (C=O) groups excluding carboxylic acids is 1. The van der Waals surface area contributed by atoms with Gasteiger partial charge in [0.15, 0.2) is 0 Å². The lowest BCUT2D eigenvalue weighted by atomic mass is 10.1. The molecule has 18 heavy (non-hydrogen) atoms. The van der Waals surface area contributed by atoms with Gasteiger partial charge >= 0.3 is 5.97 Å². The zero-order valence-corrected chi connectivity index (χ0v) is 9.98. The normalized spacial score (nSPS) is 14.2. The molecule has 96 valence electrons. The summed E-state index contributed by atoms with van der Waals surface area (Å²) in [4.78, 5) is 22.4. The summed E-state index contributed by atoms with van der Waals surface area (Å²) in [5, 5.41) is 14.8. The highest BCUT2D eigenvalue weighted by Crippen LogP contribution is 2.18. The minimum atomic E-state index is -0.949. The van der Waals surface area contributed by atoms with Gasteiger partial charge in [0.25, 0.3) is 0 Å². The maximum Gasteiger partial charge on any atom is 0.336 e. The number of carboxylic acids is 1. The van der Waals surface area contributed by atoms with E-state index in [-0.39, 0.29) is 18.0 Å². The molecule has 0 unspecified atom stereocenters. The number of aromatic carboxylic acids is 1. The molecule has 1 aromatic carbocycles. The number of hydrogen-bond donors (Lipinski definition) is 3. The molecule has 1 aromatic rings. The second-order valence-corrected chi connectivity index (χ2v) is 4.41. The van der Waals surface area contributed by atoms with Crippen LogP contribution >= 0.6 is 0 Å². The maximum absolute atomic E-state index is 11.4. The highest BCUT2D eigenvalue weighted by atomic mass is 16.4. The van der Waals surface area contributed by atoms with E-state index in [1.807, 2.05) is 0 Å². The Kier molecular flexibility index (Phi) is 3.94. The third kappa shape index (κ3) is 3.56. The monoisotopic (exact) mass is 248 g/mol. The molecular weight excluding hydrogens is 232 g/mol. The standard InChI is InChI=1S/C13H16N2O3/c16-12(15-10-5-6-10)8-14-7-9-3-1-2-4-11(9)13(17)18/h1-4,10,14H,5-8H2,(H,15,16)(H,17,18). The summed E-state index contributed by atoms with van der Waals surface area (Å²) in [5.41, 5.74) is 0.955. The third-order valence-corrected chi connectivity index (χ3v) is 2.79. The predicted molar refractivity (Wildman–Crippen MR) is 66.3 cm³/mol. The molecule has 5 heteroatoms. The molecule has 0 atom stereocenters. The Bertz CT molecular complexity index is 455. The van der Waals surface area contributed by atoms with Gasteiger partial charge in [-0.3, -0.25) is 4.79 Å². The zero-order chi connectivity index (χ0) is 13.0. The number of nitrogens with one attached hydrogen (secondary N) is 2. The van der Waals surface area contributed by atoms with Crippen LogP contribution in [0.3, 0.4) is 0 Å². The molecule has 0 bridgehead atoms. The Morgan fingerprint density at radius 1 is 1.28 bits per heavy atom. The Balaban J connectivity index is 1.82. The number of carbonyl (C=O) groups is 2. The Hall–Kier alpha value is -1.88. The van der Waals surface area contributed by atoms with E-state index < -0.39 is 5.97 Å². The van der Waals surface area contributed by atoms with Crippen molar-refractivity contribution in [3.63, 3.8) is 0 Å². The molecule has 0 aromatic heterocycles. The van der Waals surface area contributed by atoms with E-state index in [1.54, 1.807) is 24.3 Å². The molecule has 1 aliphatic rings. The van der Waals surface area contributed by atoms with Gasteiger partial charge in [-0.25, -0.2) is 4.79 Å².